The van der Waals surface area contributed by atoms with Gasteiger partial charge in [0.2, 0.25) is 5.91 Å². The normalized spacial score (nSPS) is 16.7. The van der Waals surface area contributed by atoms with E-state index in [0.717, 1.165) is 24.8 Å². The average Bonchev–Trinajstić information content (AvgIpc) is 3.17. The summed E-state index contributed by atoms with van der Waals surface area (Å²) in [4.78, 5) is 30.4. The molecule has 1 aromatic heterocycles. The van der Waals surface area contributed by atoms with E-state index in [1.807, 2.05) is 24.4 Å². The Morgan fingerprint density at radius 2 is 1.93 bits per heavy atom. The molecule has 0 spiro atoms. The summed E-state index contributed by atoms with van der Waals surface area (Å²) < 4.78 is 0. The Labute approximate surface area is 175 Å². The van der Waals surface area contributed by atoms with Gasteiger partial charge in [0.1, 0.15) is 0 Å². The molecule has 2 amide bonds. The van der Waals surface area contributed by atoms with E-state index in [0.29, 0.717) is 30.2 Å². The molecule has 150 valence electrons. The maximum atomic E-state index is 12.7. The molecule has 0 saturated carbocycles. The smallest absolute Gasteiger partial charge is 0.253 e. The highest BCUT2D eigenvalue weighted by Gasteiger charge is 2.28. The fourth-order valence-corrected chi connectivity index (χ4v) is 4.08. The Bertz CT molecular complexity index is 1010. The van der Waals surface area contributed by atoms with E-state index in [4.69, 9.17) is 11.6 Å². The molecular weight excluding hydrogens is 386 g/mol. The molecule has 6 heteroatoms. The van der Waals surface area contributed by atoms with E-state index in [2.05, 4.69) is 16.4 Å². The van der Waals surface area contributed by atoms with Gasteiger partial charge < -0.3 is 15.2 Å². The highest BCUT2D eigenvalue weighted by Crippen LogP contribution is 2.21. The summed E-state index contributed by atoms with van der Waals surface area (Å²) in [5, 5.41) is 4.85. The third-order valence-electron chi connectivity index (χ3n) is 5.54. The lowest BCUT2D eigenvalue weighted by Gasteiger charge is -2.32. The van der Waals surface area contributed by atoms with E-state index in [1.54, 1.807) is 29.2 Å². The third-order valence-corrected chi connectivity index (χ3v) is 5.79. The quantitative estimate of drug-likeness (QED) is 0.668. The summed E-state index contributed by atoms with van der Waals surface area (Å²) in [7, 11) is 0. The summed E-state index contributed by atoms with van der Waals surface area (Å²) in [6.07, 6.45) is 4.42. The molecular formula is C23H24ClN3O2. The van der Waals surface area contributed by atoms with Crippen molar-refractivity contribution in [3.8, 4) is 0 Å². The molecule has 29 heavy (non-hydrogen) atoms. The number of rotatable bonds is 5. The van der Waals surface area contributed by atoms with Crippen molar-refractivity contribution >= 4 is 34.3 Å². The number of aromatic nitrogens is 1. The molecule has 1 aliphatic rings. The van der Waals surface area contributed by atoms with Crippen LogP contribution < -0.4 is 5.32 Å². The number of nitrogens with one attached hydrogen (secondary N) is 2. The van der Waals surface area contributed by atoms with Crippen molar-refractivity contribution in [1.82, 2.24) is 15.2 Å². The highest BCUT2D eigenvalue weighted by atomic mass is 35.5. The number of hydrogen-bond acceptors (Lipinski definition) is 2. The first-order valence-electron chi connectivity index (χ1n) is 9.99. The van der Waals surface area contributed by atoms with Crippen LogP contribution in [0.15, 0.2) is 54.7 Å². The van der Waals surface area contributed by atoms with Crippen LogP contribution in [0.2, 0.25) is 5.02 Å². The van der Waals surface area contributed by atoms with Crippen LogP contribution in [0.4, 0.5) is 0 Å². The fraction of sp³-hybridized carbons (Fsp3) is 0.304. The van der Waals surface area contributed by atoms with Gasteiger partial charge in [-0.15, -0.1) is 0 Å². The molecule has 5 nitrogen and oxygen atoms in total. The number of para-hydroxylation sites is 1. The van der Waals surface area contributed by atoms with Crippen LogP contribution in [-0.2, 0) is 11.2 Å². The zero-order valence-corrected chi connectivity index (χ0v) is 16.9. The van der Waals surface area contributed by atoms with E-state index in [-0.39, 0.29) is 17.7 Å². The van der Waals surface area contributed by atoms with Crippen molar-refractivity contribution in [3.05, 3.63) is 70.9 Å². The maximum Gasteiger partial charge on any atom is 0.253 e. The second kappa shape index (κ2) is 8.70. The van der Waals surface area contributed by atoms with Crippen LogP contribution in [-0.4, -0.2) is 41.3 Å². The number of hydrogen-bond donors (Lipinski definition) is 2. The number of piperidine rings is 1. The van der Waals surface area contributed by atoms with Gasteiger partial charge in [0.25, 0.3) is 5.91 Å². The van der Waals surface area contributed by atoms with Crippen LogP contribution in [0.1, 0.15) is 28.8 Å². The Kier molecular flexibility index (Phi) is 5.86. The number of nitrogens with zero attached hydrogens (tertiary/aromatic N) is 1. The predicted octanol–water partition coefficient (Wildman–Crippen LogP) is 4.03. The number of H-pyrrole nitrogens is 1. The molecule has 1 fully saturated rings. The molecule has 0 radical (unpaired) electrons. The lowest BCUT2D eigenvalue weighted by molar-refractivity contribution is -0.126. The first kappa shape index (κ1) is 19.5. The maximum absolute atomic E-state index is 12.7. The number of likely N-dealkylation sites (tertiary alicyclic amines) is 1. The average molecular weight is 410 g/mol. The summed E-state index contributed by atoms with van der Waals surface area (Å²) in [5.74, 6) is -0.181. The van der Waals surface area contributed by atoms with Gasteiger partial charge >= 0.3 is 0 Å². The molecule has 1 atom stereocenters. The Hall–Kier alpha value is -2.79. The molecule has 2 N–H and O–H groups in total. The topological polar surface area (TPSA) is 65.2 Å². The number of aromatic amines is 1. The van der Waals surface area contributed by atoms with Crippen LogP contribution in [0.3, 0.4) is 0 Å². The molecule has 3 aromatic rings. The van der Waals surface area contributed by atoms with Gasteiger partial charge in [0, 0.05) is 47.3 Å². The first-order chi connectivity index (χ1) is 14.1. The van der Waals surface area contributed by atoms with Crippen molar-refractivity contribution in [1.29, 1.82) is 0 Å². The van der Waals surface area contributed by atoms with E-state index in [1.165, 1.54) is 10.9 Å². The van der Waals surface area contributed by atoms with Crippen molar-refractivity contribution in [2.45, 2.75) is 19.3 Å². The molecule has 1 unspecified atom stereocenters. The minimum atomic E-state index is -0.164. The minimum absolute atomic E-state index is 0.0263. The largest absolute Gasteiger partial charge is 0.361 e. The zero-order chi connectivity index (χ0) is 20.2. The lowest BCUT2D eigenvalue weighted by Crippen LogP contribution is -2.45. The summed E-state index contributed by atoms with van der Waals surface area (Å²) in [6, 6.07) is 15.1. The SMILES string of the molecule is O=C(NCCc1c[nH]c2ccccc12)C1CCCN(C(=O)c2ccc(Cl)cc2)C1. The molecule has 1 saturated heterocycles. The van der Waals surface area contributed by atoms with Crippen LogP contribution >= 0.6 is 11.6 Å². The van der Waals surface area contributed by atoms with E-state index in [9.17, 15) is 9.59 Å². The van der Waals surface area contributed by atoms with Crippen molar-refractivity contribution in [3.63, 3.8) is 0 Å². The number of fused-ring (bicyclic) bond motifs is 1. The Balaban J connectivity index is 1.31. The molecule has 2 aromatic carbocycles. The summed E-state index contributed by atoms with van der Waals surface area (Å²) in [5.41, 5.74) is 2.91. The van der Waals surface area contributed by atoms with Gasteiger partial charge in [-0.25, -0.2) is 0 Å². The molecule has 0 bridgehead atoms. The number of carbonyl (C=O) groups excluding carboxylic acids is 2. The standard InChI is InChI=1S/C23H24ClN3O2/c24-19-9-7-16(8-10-19)23(29)27-13-3-4-18(15-27)22(28)25-12-11-17-14-26-21-6-2-1-5-20(17)21/h1-2,5-10,14,18,26H,3-4,11-13,15H2,(H,25,28). The van der Waals surface area contributed by atoms with Crippen LogP contribution in [0.25, 0.3) is 10.9 Å². The van der Waals surface area contributed by atoms with Gasteiger partial charge in [-0.2, -0.15) is 0 Å². The number of benzene rings is 2. The van der Waals surface area contributed by atoms with Gasteiger partial charge in [-0.1, -0.05) is 29.8 Å². The van der Waals surface area contributed by atoms with Gasteiger partial charge in [-0.05, 0) is 55.2 Å². The second-order valence-electron chi connectivity index (χ2n) is 7.50. The zero-order valence-electron chi connectivity index (χ0n) is 16.2. The number of halogens is 1. The van der Waals surface area contributed by atoms with E-state index < -0.39 is 0 Å². The van der Waals surface area contributed by atoms with E-state index >= 15 is 0 Å². The number of carbonyl (C=O) groups is 2. The predicted molar refractivity (Wildman–Crippen MR) is 115 cm³/mol. The first-order valence-corrected chi connectivity index (χ1v) is 10.4. The van der Waals surface area contributed by atoms with Crippen LogP contribution in [0, 0.1) is 5.92 Å². The van der Waals surface area contributed by atoms with Crippen molar-refractivity contribution in [2.24, 2.45) is 5.92 Å². The van der Waals surface area contributed by atoms with Crippen LogP contribution in [0.5, 0.6) is 0 Å². The third kappa shape index (κ3) is 4.46. The van der Waals surface area contributed by atoms with Gasteiger partial charge in [0.05, 0.1) is 5.92 Å². The van der Waals surface area contributed by atoms with Gasteiger partial charge in [-0.3, -0.25) is 9.59 Å². The molecule has 2 heterocycles. The van der Waals surface area contributed by atoms with Gasteiger partial charge in [0.15, 0.2) is 0 Å². The van der Waals surface area contributed by atoms with Crippen molar-refractivity contribution < 1.29 is 9.59 Å². The highest BCUT2D eigenvalue weighted by molar-refractivity contribution is 6.30. The Morgan fingerprint density at radius 1 is 1.14 bits per heavy atom. The minimum Gasteiger partial charge on any atom is -0.361 e. The second-order valence-corrected chi connectivity index (χ2v) is 7.93. The Morgan fingerprint density at radius 3 is 2.76 bits per heavy atom. The molecule has 0 aliphatic carbocycles. The lowest BCUT2D eigenvalue weighted by atomic mass is 9.96. The van der Waals surface area contributed by atoms with Crippen molar-refractivity contribution in [2.75, 3.05) is 19.6 Å². The summed E-state index contributed by atoms with van der Waals surface area (Å²) in [6.45, 7) is 1.73. The number of amides is 2. The monoisotopic (exact) mass is 409 g/mol. The molecule has 4 rings (SSSR count). The molecule has 1 aliphatic heterocycles. The fourth-order valence-electron chi connectivity index (χ4n) is 3.95. The summed E-state index contributed by atoms with van der Waals surface area (Å²) >= 11 is 5.90.